The molecule has 1 saturated carbocycles. The smallest absolute Gasteiger partial charge is 0.123 e. The topological polar surface area (TPSA) is 68.3 Å². The average molecular weight is 452 g/mol. The average Bonchev–Trinajstić information content (AvgIpc) is 2.78. The molecular weight excluding hydrogens is 420 g/mol. The van der Waals surface area contributed by atoms with Crippen molar-refractivity contribution in [3.8, 4) is 0 Å². The van der Waals surface area contributed by atoms with E-state index in [1.807, 2.05) is 36.5 Å². The van der Waals surface area contributed by atoms with Gasteiger partial charge >= 0.3 is 0 Å². The first-order valence-corrected chi connectivity index (χ1v) is 13.9. The molecule has 168 valence electrons. The van der Waals surface area contributed by atoms with E-state index in [1.165, 1.54) is 11.6 Å². The molecule has 0 aliphatic heterocycles. The summed E-state index contributed by atoms with van der Waals surface area (Å²) in [7, 11) is -2.27. The number of fused-ring (bicyclic) bond motifs is 1. The summed E-state index contributed by atoms with van der Waals surface area (Å²) in [6, 6.07) is 14.4. The quantitative estimate of drug-likeness (QED) is 0.284. The van der Waals surface area contributed by atoms with Crippen molar-refractivity contribution in [1.82, 2.24) is 4.98 Å². The fraction of sp³-hybridized carbons (Fsp3) is 0.385. The Hall–Kier alpha value is -2.52. The maximum atomic E-state index is 13.8. The van der Waals surface area contributed by atoms with Crippen molar-refractivity contribution < 1.29 is 8.96 Å². The molecule has 6 heteroatoms. The highest BCUT2D eigenvalue weighted by molar-refractivity contribution is 7.70. The number of benzene rings is 2. The van der Waals surface area contributed by atoms with Gasteiger partial charge in [-0.3, -0.25) is 4.98 Å². The Bertz CT molecular complexity index is 1180. The Morgan fingerprint density at radius 1 is 1.09 bits per heavy atom. The van der Waals surface area contributed by atoms with Crippen LogP contribution in [0.3, 0.4) is 0 Å². The second kappa shape index (κ2) is 9.15. The second-order valence-corrected chi connectivity index (χ2v) is 12.6. The standard InChI is InChI=1S/C26H31FN3OP/c1-17(26(28)30-21-9-11-22(12-10-21)32(2,3)31)18-4-6-19(7-5-18)23-14-15-29-25-13-8-20(27)16-24(23)25/h8-19H,4-7H2,1-3H3,(H2,28,30). The van der Waals surface area contributed by atoms with Crippen molar-refractivity contribution in [1.29, 1.82) is 0 Å². The summed E-state index contributed by atoms with van der Waals surface area (Å²) in [4.78, 5) is 9.03. The van der Waals surface area contributed by atoms with Gasteiger partial charge < -0.3 is 10.3 Å². The van der Waals surface area contributed by atoms with Crippen molar-refractivity contribution in [2.24, 2.45) is 22.6 Å². The minimum atomic E-state index is -2.27. The fourth-order valence-corrected chi connectivity index (χ4v) is 5.67. The lowest BCUT2D eigenvalue weighted by atomic mass is 9.73. The third kappa shape index (κ3) is 4.94. The fourth-order valence-electron chi connectivity index (χ4n) is 4.80. The molecular formula is C26H31FN3OP. The highest BCUT2D eigenvalue weighted by Gasteiger charge is 2.28. The monoisotopic (exact) mass is 451 g/mol. The van der Waals surface area contributed by atoms with Gasteiger partial charge in [-0.15, -0.1) is 0 Å². The van der Waals surface area contributed by atoms with Gasteiger partial charge in [-0.1, -0.05) is 6.92 Å². The number of halogens is 1. The van der Waals surface area contributed by atoms with Crippen molar-refractivity contribution in [2.75, 3.05) is 13.3 Å². The maximum absolute atomic E-state index is 13.8. The predicted molar refractivity (Wildman–Crippen MR) is 132 cm³/mol. The van der Waals surface area contributed by atoms with Crippen LogP contribution >= 0.6 is 7.14 Å². The highest BCUT2D eigenvalue weighted by atomic mass is 31.2. The number of hydrogen-bond acceptors (Lipinski definition) is 3. The molecule has 1 aliphatic carbocycles. The first-order valence-electron chi connectivity index (χ1n) is 11.3. The number of rotatable bonds is 5. The largest absolute Gasteiger partial charge is 0.387 e. The summed E-state index contributed by atoms with van der Waals surface area (Å²) in [6.07, 6.45) is 6.06. The maximum Gasteiger partial charge on any atom is 0.123 e. The zero-order valence-electron chi connectivity index (χ0n) is 19.0. The van der Waals surface area contributed by atoms with Crippen molar-refractivity contribution in [2.45, 2.75) is 38.5 Å². The number of aromatic nitrogens is 1. The number of hydrogen-bond donors (Lipinski definition) is 1. The van der Waals surface area contributed by atoms with E-state index in [1.54, 1.807) is 25.5 Å². The molecule has 0 saturated heterocycles. The molecule has 1 aliphatic rings. The van der Waals surface area contributed by atoms with E-state index < -0.39 is 7.14 Å². The normalized spacial score (nSPS) is 20.9. The zero-order valence-corrected chi connectivity index (χ0v) is 19.9. The van der Waals surface area contributed by atoms with E-state index >= 15 is 0 Å². The van der Waals surface area contributed by atoms with Gasteiger partial charge in [0.05, 0.1) is 11.2 Å². The molecule has 4 nitrogen and oxygen atoms in total. The van der Waals surface area contributed by atoms with Crippen LogP contribution < -0.4 is 11.0 Å². The van der Waals surface area contributed by atoms with Crippen LogP contribution in [0.5, 0.6) is 0 Å². The summed E-state index contributed by atoms with van der Waals surface area (Å²) >= 11 is 0. The van der Waals surface area contributed by atoms with Crippen LogP contribution in [-0.2, 0) is 4.57 Å². The lowest BCUT2D eigenvalue weighted by Gasteiger charge is -2.32. The molecule has 1 fully saturated rings. The van der Waals surface area contributed by atoms with Crippen LogP contribution in [0.15, 0.2) is 59.7 Å². The predicted octanol–water partition coefficient (Wildman–Crippen LogP) is 6.22. The minimum absolute atomic E-state index is 0.186. The van der Waals surface area contributed by atoms with Crippen LogP contribution in [0.2, 0.25) is 0 Å². The first-order chi connectivity index (χ1) is 15.2. The molecule has 2 aromatic carbocycles. The van der Waals surface area contributed by atoms with Crippen molar-refractivity contribution >= 4 is 34.9 Å². The molecule has 0 amide bonds. The summed E-state index contributed by atoms with van der Waals surface area (Å²) in [5, 5.41) is 1.78. The first kappa shape index (κ1) is 22.7. The van der Waals surface area contributed by atoms with E-state index in [4.69, 9.17) is 5.73 Å². The van der Waals surface area contributed by atoms with Gasteiger partial charge in [-0.2, -0.15) is 0 Å². The molecule has 0 bridgehead atoms. The number of aliphatic imine (C=N–C) groups is 1. The summed E-state index contributed by atoms with van der Waals surface area (Å²) in [6.45, 7) is 5.69. The van der Waals surface area contributed by atoms with Crippen LogP contribution in [0.1, 0.15) is 44.1 Å². The van der Waals surface area contributed by atoms with Crippen molar-refractivity contribution in [3.63, 3.8) is 0 Å². The Kier molecular flexibility index (Phi) is 6.48. The molecule has 4 rings (SSSR count). The number of amidine groups is 1. The van der Waals surface area contributed by atoms with Crippen LogP contribution in [-0.4, -0.2) is 24.1 Å². The Balaban J connectivity index is 1.43. The van der Waals surface area contributed by atoms with E-state index in [-0.39, 0.29) is 11.7 Å². The molecule has 1 atom stereocenters. The Morgan fingerprint density at radius 3 is 2.44 bits per heavy atom. The molecule has 2 N–H and O–H groups in total. The van der Waals surface area contributed by atoms with Gasteiger partial charge in [0, 0.05) is 22.8 Å². The van der Waals surface area contributed by atoms with Gasteiger partial charge in [0.15, 0.2) is 0 Å². The van der Waals surface area contributed by atoms with Crippen molar-refractivity contribution in [3.05, 3.63) is 66.1 Å². The van der Waals surface area contributed by atoms with Crippen LogP contribution in [0, 0.1) is 17.7 Å². The van der Waals surface area contributed by atoms with E-state index in [2.05, 4.69) is 16.9 Å². The molecule has 32 heavy (non-hydrogen) atoms. The third-order valence-corrected chi connectivity index (χ3v) is 8.39. The van der Waals surface area contributed by atoms with Gasteiger partial charge in [-0.05, 0) is 105 Å². The summed E-state index contributed by atoms with van der Waals surface area (Å²) in [5.41, 5.74) is 9.23. The zero-order chi connectivity index (χ0) is 22.9. The van der Waals surface area contributed by atoms with Gasteiger partial charge in [0.1, 0.15) is 18.8 Å². The van der Waals surface area contributed by atoms with E-state index in [0.29, 0.717) is 17.7 Å². The van der Waals surface area contributed by atoms with E-state index in [9.17, 15) is 8.96 Å². The number of nitrogens with zero attached hydrogens (tertiary/aromatic N) is 2. The lowest BCUT2D eigenvalue weighted by molar-refractivity contribution is 0.287. The number of pyridine rings is 1. The highest BCUT2D eigenvalue weighted by Crippen LogP contribution is 2.41. The van der Waals surface area contributed by atoms with Gasteiger partial charge in [0.25, 0.3) is 0 Å². The molecule has 0 radical (unpaired) electrons. The minimum Gasteiger partial charge on any atom is -0.387 e. The Morgan fingerprint density at radius 2 is 1.78 bits per heavy atom. The van der Waals surface area contributed by atoms with Gasteiger partial charge in [0.2, 0.25) is 0 Å². The molecule has 1 aromatic heterocycles. The number of nitrogens with two attached hydrogens (primary N) is 1. The van der Waals surface area contributed by atoms with Crippen LogP contribution in [0.4, 0.5) is 10.1 Å². The van der Waals surface area contributed by atoms with Crippen LogP contribution in [0.25, 0.3) is 10.9 Å². The Labute approximate surface area is 189 Å². The second-order valence-electron chi connectivity index (χ2n) is 9.37. The third-order valence-electron chi connectivity index (χ3n) is 6.85. The van der Waals surface area contributed by atoms with Gasteiger partial charge in [-0.25, -0.2) is 9.38 Å². The lowest BCUT2D eigenvalue weighted by Crippen LogP contribution is -2.30. The molecule has 0 spiro atoms. The van der Waals surface area contributed by atoms with E-state index in [0.717, 1.165) is 47.6 Å². The molecule has 3 aromatic rings. The summed E-state index contributed by atoms with van der Waals surface area (Å²) < 4.78 is 26.0. The SMILES string of the molecule is CC(C(N)=Nc1ccc(P(C)(C)=O)cc1)C1CCC(c2ccnc3ccc(F)cc23)CC1. The molecule has 1 heterocycles. The molecule has 1 unspecified atom stereocenters. The summed E-state index contributed by atoms with van der Waals surface area (Å²) in [5.74, 6) is 1.51.